The van der Waals surface area contributed by atoms with E-state index < -0.39 is 0 Å². The van der Waals surface area contributed by atoms with Gasteiger partial charge in [-0.15, -0.1) is 0 Å². The van der Waals surface area contributed by atoms with Gasteiger partial charge in [0.2, 0.25) is 0 Å². The molecule has 1 aromatic carbocycles. The van der Waals surface area contributed by atoms with Gasteiger partial charge in [0.1, 0.15) is 0 Å². The van der Waals surface area contributed by atoms with Crippen LogP contribution in [-0.4, -0.2) is 13.1 Å². The zero-order valence-electron chi connectivity index (χ0n) is 9.09. The van der Waals surface area contributed by atoms with Crippen molar-refractivity contribution < 1.29 is 0 Å². The first-order chi connectivity index (χ1) is 6.85. The molecule has 0 saturated heterocycles. The molecule has 0 atom stereocenters. The second-order valence-electron chi connectivity index (χ2n) is 3.82. The lowest BCUT2D eigenvalue weighted by molar-refractivity contribution is 0.866. The quantitative estimate of drug-likeness (QED) is 0.701. The van der Waals surface area contributed by atoms with Gasteiger partial charge in [0.25, 0.3) is 0 Å². The van der Waals surface area contributed by atoms with Crippen LogP contribution in [0.2, 0.25) is 0 Å². The number of nitrogens with zero attached hydrogens (tertiary/aromatic N) is 1. The van der Waals surface area contributed by atoms with E-state index in [0.29, 0.717) is 0 Å². The molecule has 0 N–H and O–H groups in total. The molecular weight excluding hydrogens is 170 g/mol. The Bertz CT molecular complexity index is 281. The van der Waals surface area contributed by atoms with Crippen LogP contribution < -0.4 is 4.90 Å². The minimum Gasteiger partial charge on any atom is -0.372 e. The van der Waals surface area contributed by atoms with Crippen LogP contribution in [-0.2, 0) is 0 Å². The van der Waals surface area contributed by atoms with Crippen LogP contribution in [0.25, 0.3) is 0 Å². The first kappa shape index (κ1) is 9.57. The summed E-state index contributed by atoms with van der Waals surface area (Å²) in [7, 11) is 0. The Morgan fingerprint density at radius 1 is 1.00 bits per heavy atom. The third kappa shape index (κ3) is 1.92. The molecule has 75 valence electrons. The smallest absolute Gasteiger partial charge is 0.0366 e. The molecule has 1 radical (unpaired) electrons. The number of hydrogen-bond donors (Lipinski definition) is 0. The summed E-state index contributed by atoms with van der Waals surface area (Å²) in [5.74, 6) is 1.62. The molecule has 0 bridgehead atoms. The summed E-state index contributed by atoms with van der Waals surface area (Å²) in [6.07, 6.45) is 2.62. The fourth-order valence-electron chi connectivity index (χ4n) is 1.85. The van der Waals surface area contributed by atoms with E-state index in [2.05, 4.69) is 43.0 Å². The molecule has 14 heavy (non-hydrogen) atoms. The fraction of sp³-hybridized carbons (Fsp3) is 0.462. The highest BCUT2D eigenvalue weighted by molar-refractivity contribution is 5.50. The van der Waals surface area contributed by atoms with Crippen LogP contribution >= 0.6 is 0 Å². The van der Waals surface area contributed by atoms with Crippen molar-refractivity contribution in [2.45, 2.75) is 26.7 Å². The van der Waals surface area contributed by atoms with Crippen LogP contribution in [0.3, 0.4) is 0 Å². The normalized spacial score (nSPS) is 15.6. The van der Waals surface area contributed by atoms with Crippen LogP contribution in [0.1, 0.15) is 32.3 Å². The number of rotatable bonds is 4. The molecule has 0 spiro atoms. The number of hydrogen-bond acceptors (Lipinski definition) is 1. The molecule has 0 aromatic heterocycles. The summed E-state index contributed by atoms with van der Waals surface area (Å²) in [5, 5.41) is 0. The maximum Gasteiger partial charge on any atom is 0.0366 e. The average molecular weight is 188 g/mol. The molecule has 1 heteroatoms. The Kier molecular flexibility index (Phi) is 2.76. The Morgan fingerprint density at radius 3 is 2.00 bits per heavy atom. The third-order valence-electron chi connectivity index (χ3n) is 2.90. The standard InChI is InChI=1S/C13H18N/c1-3-14(4-2)13-9-7-12(8-10-13)11-5-6-11/h7-10H,3-6H2,1-2H3. The molecule has 1 fully saturated rings. The maximum atomic E-state index is 2.38. The first-order valence-corrected chi connectivity index (χ1v) is 5.55. The molecule has 0 amide bonds. The lowest BCUT2D eigenvalue weighted by Gasteiger charge is -2.21. The van der Waals surface area contributed by atoms with E-state index in [9.17, 15) is 0 Å². The van der Waals surface area contributed by atoms with Gasteiger partial charge in [-0.25, -0.2) is 0 Å². The summed E-state index contributed by atoms with van der Waals surface area (Å²) in [6.45, 7) is 6.58. The van der Waals surface area contributed by atoms with Gasteiger partial charge >= 0.3 is 0 Å². The van der Waals surface area contributed by atoms with Crippen molar-refractivity contribution in [1.82, 2.24) is 0 Å². The minimum absolute atomic E-state index is 1.09. The summed E-state index contributed by atoms with van der Waals surface area (Å²) in [5.41, 5.74) is 2.79. The highest BCUT2D eigenvalue weighted by Gasteiger charge is 2.23. The van der Waals surface area contributed by atoms with Gasteiger partial charge in [0.05, 0.1) is 0 Å². The van der Waals surface area contributed by atoms with Gasteiger partial charge in [-0.05, 0) is 44.4 Å². The molecule has 0 aliphatic heterocycles. The number of benzene rings is 1. The summed E-state index contributed by atoms with van der Waals surface area (Å²) < 4.78 is 0. The van der Waals surface area contributed by atoms with Crippen molar-refractivity contribution in [3.8, 4) is 0 Å². The maximum absolute atomic E-state index is 2.38. The Labute approximate surface area is 86.7 Å². The molecule has 0 heterocycles. The van der Waals surface area contributed by atoms with E-state index in [1.54, 1.807) is 5.92 Å². The van der Waals surface area contributed by atoms with Gasteiger partial charge in [-0.3, -0.25) is 0 Å². The van der Waals surface area contributed by atoms with Crippen LogP contribution in [0.5, 0.6) is 0 Å². The molecular formula is C13H18N. The van der Waals surface area contributed by atoms with E-state index in [4.69, 9.17) is 0 Å². The Hall–Kier alpha value is -0.980. The largest absolute Gasteiger partial charge is 0.372 e. The van der Waals surface area contributed by atoms with E-state index >= 15 is 0 Å². The number of anilines is 1. The molecule has 1 saturated carbocycles. The van der Waals surface area contributed by atoms with Crippen molar-refractivity contribution in [3.63, 3.8) is 0 Å². The predicted octanol–water partition coefficient (Wildman–Crippen LogP) is 3.25. The molecule has 0 unspecified atom stereocenters. The topological polar surface area (TPSA) is 3.24 Å². The Balaban J connectivity index is 2.11. The Morgan fingerprint density at radius 2 is 1.57 bits per heavy atom. The summed E-state index contributed by atoms with van der Waals surface area (Å²) in [6, 6.07) is 9.01. The van der Waals surface area contributed by atoms with Crippen LogP contribution in [0.15, 0.2) is 24.3 Å². The highest BCUT2D eigenvalue weighted by atomic mass is 15.1. The fourth-order valence-corrected chi connectivity index (χ4v) is 1.85. The van der Waals surface area contributed by atoms with Crippen molar-refractivity contribution in [1.29, 1.82) is 0 Å². The van der Waals surface area contributed by atoms with Crippen LogP contribution in [0, 0.1) is 5.92 Å². The monoisotopic (exact) mass is 188 g/mol. The lowest BCUT2D eigenvalue weighted by atomic mass is 10.1. The average Bonchev–Trinajstić information content (AvgIpc) is 3.04. The van der Waals surface area contributed by atoms with Gasteiger partial charge < -0.3 is 4.90 Å². The molecule has 1 nitrogen and oxygen atoms in total. The van der Waals surface area contributed by atoms with Crippen molar-refractivity contribution >= 4 is 5.69 Å². The van der Waals surface area contributed by atoms with Crippen molar-refractivity contribution in [2.75, 3.05) is 18.0 Å². The molecule has 1 aromatic rings. The van der Waals surface area contributed by atoms with Gasteiger partial charge in [-0.1, -0.05) is 12.1 Å². The van der Waals surface area contributed by atoms with Gasteiger partial charge in [0, 0.05) is 24.7 Å². The first-order valence-electron chi connectivity index (χ1n) is 5.55. The SMILES string of the molecule is CCN(CC)c1ccc([C]2CC2)cc1. The second kappa shape index (κ2) is 4.04. The zero-order valence-corrected chi connectivity index (χ0v) is 9.09. The molecule has 1 aliphatic rings. The van der Waals surface area contributed by atoms with Gasteiger partial charge in [-0.2, -0.15) is 0 Å². The molecule has 2 rings (SSSR count). The van der Waals surface area contributed by atoms with Crippen molar-refractivity contribution in [2.24, 2.45) is 0 Å². The second-order valence-corrected chi connectivity index (χ2v) is 3.82. The minimum atomic E-state index is 1.09. The molecule has 1 aliphatic carbocycles. The van der Waals surface area contributed by atoms with Gasteiger partial charge in [0.15, 0.2) is 0 Å². The summed E-state index contributed by atoms with van der Waals surface area (Å²) >= 11 is 0. The van der Waals surface area contributed by atoms with Crippen LogP contribution in [0.4, 0.5) is 5.69 Å². The highest BCUT2D eigenvalue weighted by Crippen LogP contribution is 2.39. The third-order valence-corrected chi connectivity index (χ3v) is 2.90. The van der Waals surface area contributed by atoms with E-state index in [-0.39, 0.29) is 0 Å². The predicted molar refractivity (Wildman–Crippen MR) is 61.6 cm³/mol. The zero-order chi connectivity index (χ0) is 9.97. The van der Waals surface area contributed by atoms with E-state index in [1.807, 2.05) is 0 Å². The van der Waals surface area contributed by atoms with Crippen molar-refractivity contribution in [3.05, 3.63) is 35.7 Å². The van der Waals surface area contributed by atoms with E-state index in [1.165, 1.54) is 24.1 Å². The van der Waals surface area contributed by atoms with E-state index in [0.717, 1.165) is 13.1 Å². The lowest BCUT2D eigenvalue weighted by Crippen LogP contribution is -2.21. The summed E-state index contributed by atoms with van der Waals surface area (Å²) in [4.78, 5) is 2.38.